The lowest BCUT2D eigenvalue weighted by Crippen LogP contribution is -2.26. The molecular weight excluding hydrogens is 480 g/mol. The highest BCUT2D eigenvalue weighted by molar-refractivity contribution is 7.91. The van der Waals surface area contributed by atoms with Crippen LogP contribution in [0.3, 0.4) is 0 Å². The second-order valence-electron chi connectivity index (χ2n) is 10.7. The second-order valence-corrected chi connectivity index (χ2v) is 12.7. The summed E-state index contributed by atoms with van der Waals surface area (Å²) in [6.45, 7) is 12.7. The van der Waals surface area contributed by atoms with E-state index in [0.29, 0.717) is 11.5 Å². The van der Waals surface area contributed by atoms with Crippen molar-refractivity contribution in [2.45, 2.75) is 75.2 Å². The van der Waals surface area contributed by atoms with Gasteiger partial charge in [-0.05, 0) is 109 Å². The Bertz CT molecular complexity index is 1480. The zero-order chi connectivity index (χ0) is 26.8. The molecule has 5 heteroatoms. The summed E-state index contributed by atoms with van der Waals surface area (Å²) in [6, 6.07) is 25.7. The van der Waals surface area contributed by atoms with Gasteiger partial charge in [0.2, 0.25) is 9.84 Å². The van der Waals surface area contributed by atoms with Crippen molar-refractivity contribution in [3.8, 4) is 17.2 Å². The molecule has 194 valence electrons. The monoisotopic (exact) mass is 516 g/mol. The molecule has 0 radical (unpaired) electrons. The summed E-state index contributed by atoms with van der Waals surface area (Å²) < 4.78 is 38.5. The zero-order valence-electron chi connectivity index (χ0n) is 22.5. The number of ether oxygens (including phenoxy) is 2. The van der Waals surface area contributed by atoms with Gasteiger partial charge in [0.05, 0.1) is 9.79 Å². The van der Waals surface area contributed by atoms with Crippen molar-refractivity contribution in [3.05, 3.63) is 90.5 Å². The molecule has 0 atom stereocenters. The molecule has 0 aliphatic carbocycles. The largest absolute Gasteiger partial charge is 0.488 e. The molecular formula is C32H36O4S. The Morgan fingerprint density at radius 2 is 1.14 bits per heavy atom. The van der Waals surface area contributed by atoms with Gasteiger partial charge >= 0.3 is 0 Å². The first-order valence-corrected chi connectivity index (χ1v) is 14.3. The van der Waals surface area contributed by atoms with Crippen LogP contribution in [0.4, 0.5) is 0 Å². The number of hydrogen-bond donors (Lipinski definition) is 0. The molecule has 0 bridgehead atoms. The van der Waals surface area contributed by atoms with Crippen molar-refractivity contribution in [1.82, 2.24) is 0 Å². The highest BCUT2D eigenvalue weighted by atomic mass is 32.2. The average Bonchev–Trinajstić information content (AvgIpc) is 2.88. The van der Waals surface area contributed by atoms with Gasteiger partial charge in [-0.3, -0.25) is 0 Å². The molecule has 37 heavy (non-hydrogen) atoms. The Morgan fingerprint density at radius 1 is 0.622 bits per heavy atom. The standard InChI is InChI=1S/C32H36O4S/c1-7-31(3,4)25-11-17-29(18-12-25)37(33,34)30-19-15-26(16-20-30)35-27-13-9-23-10-14-28(22-24(23)21-27)36-32(5,6)8-2/h9-22H,7-8H2,1-6H3. The smallest absolute Gasteiger partial charge is 0.206 e. The Hall–Kier alpha value is -3.31. The number of fused-ring (bicyclic) bond motifs is 1. The Morgan fingerprint density at radius 3 is 1.70 bits per heavy atom. The third kappa shape index (κ3) is 5.99. The third-order valence-electron chi connectivity index (χ3n) is 7.23. The number of sulfone groups is 1. The number of hydrogen-bond acceptors (Lipinski definition) is 4. The maximum Gasteiger partial charge on any atom is 0.206 e. The van der Waals surface area contributed by atoms with Gasteiger partial charge in [-0.25, -0.2) is 8.42 Å². The van der Waals surface area contributed by atoms with Crippen molar-refractivity contribution >= 4 is 20.6 Å². The molecule has 0 spiro atoms. The first kappa shape index (κ1) is 26.7. The van der Waals surface area contributed by atoms with E-state index in [0.717, 1.165) is 34.9 Å². The summed E-state index contributed by atoms with van der Waals surface area (Å²) in [5.41, 5.74) is 0.892. The molecule has 0 amide bonds. The van der Waals surface area contributed by atoms with Gasteiger partial charge in [0.1, 0.15) is 22.8 Å². The Kier molecular flexibility index (Phi) is 7.38. The van der Waals surface area contributed by atoms with Crippen LogP contribution in [-0.2, 0) is 15.3 Å². The van der Waals surface area contributed by atoms with E-state index in [9.17, 15) is 8.42 Å². The fraction of sp³-hybridized carbons (Fsp3) is 0.312. The highest BCUT2D eigenvalue weighted by Crippen LogP contribution is 2.32. The zero-order valence-corrected chi connectivity index (χ0v) is 23.4. The van der Waals surface area contributed by atoms with Crippen molar-refractivity contribution in [2.24, 2.45) is 0 Å². The summed E-state index contributed by atoms with van der Waals surface area (Å²) in [4.78, 5) is 0.525. The molecule has 0 saturated carbocycles. The van der Waals surface area contributed by atoms with Crippen molar-refractivity contribution in [2.75, 3.05) is 0 Å². The van der Waals surface area contributed by atoms with Crippen LogP contribution in [0.15, 0.2) is 94.7 Å². The van der Waals surface area contributed by atoms with E-state index < -0.39 is 9.84 Å². The summed E-state index contributed by atoms with van der Waals surface area (Å²) in [5, 5.41) is 2.10. The first-order valence-electron chi connectivity index (χ1n) is 12.8. The molecule has 0 heterocycles. The Balaban J connectivity index is 1.52. The minimum Gasteiger partial charge on any atom is -0.488 e. The van der Waals surface area contributed by atoms with E-state index in [1.54, 1.807) is 36.4 Å². The summed E-state index contributed by atoms with van der Waals surface area (Å²) in [6.07, 6.45) is 1.88. The van der Waals surface area contributed by atoms with Gasteiger partial charge in [-0.15, -0.1) is 0 Å². The van der Waals surface area contributed by atoms with Gasteiger partial charge < -0.3 is 9.47 Å². The summed E-state index contributed by atoms with van der Waals surface area (Å²) >= 11 is 0. The SMILES string of the molecule is CCC(C)(C)Oc1ccc2ccc(Oc3ccc(S(=O)(=O)c4ccc(C(C)(C)CC)cc4)cc3)cc2c1. The molecule has 4 aromatic rings. The van der Waals surface area contributed by atoms with Crippen LogP contribution in [-0.4, -0.2) is 14.0 Å². The molecule has 4 nitrogen and oxygen atoms in total. The number of rotatable bonds is 9. The van der Waals surface area contributed by atoms with Crippen LogP contribution in [0.2, 0.25) is 0 Å². The van der Waals surface area contributed by atoms with E-state index in [-0.39, 0.29) is 20.8 Å². The van der Waals surface area contributed by atoms with E-state index in [2.05, 4.69) is 41.5 Å². The van der Waals surface area contributed by atoms with Crippen LogP contribution < -0.4 is 9.47 Å². The predicted molar refractivity (Wildman–Crippen MR) is 151 cm³/mol. The molecule has 0 aliphatic rings. The lowest BCUT2D eigenvalue weighted by molar-refractivity contribution is 0.105. The van der Waals surface area contributed by atoms with Gasteiger partial charge in [-0.1, -0.05) is 52.0 Å². The predicted octanol–water partition coefficient (Wildman–Crippen LogP) is 8.72. The quantitative estimate of drug-likeness (QED) is 0.223. The minimum absolute atomic E-state index is 0.00469. The lowest BCUT2D eigenvalue weighted by Gasteiger charge is -2.25. The van der Waals surface area contributed by atoms with E-state index >= 15 is 0 Å². The maximum atomic E-state index is 13.2. The molecule has 0 fully saturated rings. The van der Waals surface area contributed by atoms with Crippen LogP contribution in [0.5, 0.6) is 17.2 Å². The van der Waals surface area contributed by atoms with Crippen molar-refractivity contribution in [1.29, 1.82) is 0 Å². The minimum atomic E-state index is -3.62. The van der Waals surface area contributed by atoms with Crippen molar-refractivity contribution < 1.29 is 17.9 Å². The van der Waals surface area contributed by atoms with Gasteiger partial charge in [0.15, 0.2) is 0 Å². The fourth-order valence-corrected chi connectivity index (χ4v) is 5.23. The normalized spacial score (nSPS) is 12.5. The molecule has 4 aromatic carbocycles. The van der Waals surface area contributed by atoms with Gasteiger partial charge in [0, 0.05) is 0 Å². The molecule has 0 N–H and O–H groups in total. The fourth-order valence-electron chi connectivity index (χ4n) is 3.97. The second kappa shape index (κ2) is 10.2. The van der Waals surface area contributed by atoms with Gasteiger partial charge in [-0.2, -0.15) is 0 Å². The topological polar surface area (TPSA) is 52.6 Å². The summed E-state index contributed by atoms with van der Waals surface area (Å²) in [5.74, 6) is 2.05. The number of benzene rings is 4. The van der Waals surface area contributed by atoms with E-state index in [4.69, 9.17) is 9.47 Å². The highest BCUT2D eigenvalue weighted by Gasteiger charge is 2.21. The van der Waals surface area contributed by atoms with Crippen molar-refractivity contribution in [3.63, 3.8) is 0 Å². The van der Waals surface area contributed by atoms with Crippen LogP contribution in [0.25, 0.3) is 10.8 Å². The molecule has 0 unspecified atom stereocenters. The maximum absolute atomic E-state index is 13.2. The van der Waals surface area contributed by atoms with E-state index in [1.165, 1.54) is 0 Å². The third-order valence-corrected chi connectivity index (χ3v) is 9.01. The summed E-state index contributed by atoms with van der Waals surface area (Å²) in [7, 11) is -3.62. The lowest BCUT2D eigenvalue weighted by atomic mass is 9.82. The molecule has 4 rings (SSSR count). The molecule has 0 saturated heterocycles. The van der Waals surface area contributed by atoms with Crippen LogP contribution in [0.1, 0.15) is 59.9 Å². The van der Waals surface area contributed by atoms with Gasteiger partial charge in [0.25, 0.3) is 0 Å². The molecule has 0 aliphatic heterocycles. The van der Waals surface area contributed by atoms with E-state index in [1.807, 2.05) is 48.5 Å². The Labute approximate surface area is 221 Å². The van der Waals surface area contributed by atoms with Crippen LogP contribution in [0, 0.1) is 0 Å². The molecule has 0 aromatic heterocycles. The average molecular weight is 517 g/mol. The van der Waals surface area contributed by atoms with Crippen LogP contribution >= 0.6 is 0 Å². The first-order chi connectivity index (χ1) is 17.4.